The van der Waals surface area contributed by atoms with Crippen LogP contribution in [0.2, 0.25) is 0 Å². The van der Waals surface area contributed by atoms with Crippen LogP contribution in [0.15, 0.2) is 0 Å². The summed E-state index contributed by atoms with van der Waals surface area (Å²) in [6.07, 6.45) is 0.652. The molecule has 1 fully saturated rings. The van der Waals surface area contributed by atoms with Crippen LogP contribution in [0.5, 0.6) is 0 Å². The summed E-state index contributed by atoms with van der Waals surface area (Å²) in [5.74, 6) is -0.679. The van der Waals surface area contributed by atoms with E-state index in [1.165, 1.54) is 9.78 Å². The fraction of sp³-hybridized carbons (Fsp3) is 0.571. The van der Waals surface area contributed by atoms with Gasteiger partial charge in [-0.25, -0.2) is 9.78 Å². The molecule has 8 heteroatoms. The van der Waals surface area contributed by atoms with Crippen LogP contribution in [0.3, 0.4) is 0 Å². The number of nitrogens with zero attached hydrogens (tertiary/aromatic N) is 2. The molecule has 0 saturated carbocycles. The van der Waals surface area contributed by atoms with Crippen molar-refractivity contribution in [2.45, 2.75) is 39.7 Å². The third kappa shape index (κ3) is 3.27. The van der Waals surface area contributed by atoms with Crippen molar-refractivity contribution in [3.63, 3.8) is 0 Å². The summed E-state index contributed by atoms with van der Waals surface area (Å²) in [6, 6.07) is -0.531. The van der Waals surface area contributed by atoms with Crippen molar-refractivity contribution in [1.82, 2.24) is 20.5 Å². The second-order valence-electron chi connectivity index (χ2n) is 5.75. The van der Waals surface area contributed by atoms with Gasteiger partial charge in [0, 0.05) is 17.8 Å². The first-order valence-corrected chi connectivity index (χ1v) is 7.86. The van der Waals surface area contributed by atoms with Crippen LogP contribution in [0.1, 0.15) is 29.4 Å². The summed E-state index contributed by atoms with van der Waals surface area (Å²) < 4.78 is 0. The van der Waals surface area contributed by atoms with Gasteiger partial charge in [0.1, 0.15) is 12.1 Å². The third-order valence-corrected chi connectivity index (χ3v) is 4.86. The Morgan fingerprint density at radius 1 is 1.36 bits per heavy atom. The maximum atomic E-state index is 11.9. The van der Waals surface area contributed by atoms with E-state index >= 15 is 0 Å². The Bertz CT molecular complexity index is 604. The summed E-state index contributed by atoms with van der Waals surface area (Å²) in [7, 11) is 0. The first-order chi connectivity index (χ1) is 10.2. The van der Waals surface area contributed by atoms with Crippen LogP contribution in [0.25, 0.3) is 0 Å². The minimum absolute atomic E-state index is 0.138. The SMILES string of the molecule is Cc1nc(CCNC(=O)CN2C(=O)NC(=O)C2(C)C)sc1C. The van der Waals surface area contributed by atoms with E-state index in [1.807, 2.05) is 13.8 Å². The van der Waals surface area contributed by atoms with Gasteiger partial charge in [0.15, 0.2) is 0 Å². The number of aryl methyl sites for hydroxylation is 2. The van der Waals surface area contributed by atoms with E-state index in [4.69, 9.17) is 0 Å². The van der Waals surface area contributed by atoms with Gasteiger partial charge in [-0.05, 0) is 27.7 Å². The van der Waals surface area contributed by atoms with Crippen LogP contribution < -0.4 is 10.6 Å². The molecule has 0 spiro atoms. The van der Waals surface area contributed by atoms with Crippen molar-refractivity contribution in [2.75, 3.05) is 13.1 Å². The van der Waals surface area contributed by atoms with E-state index in [0.29, 0.717) is 13.0 Å². The molecule has 0 aromatic carbocycles. The van der Waals surface area contributed by atoms with Gasteiger partial charge in [-0.2, -0.15) is 0 Å². The molecule has 1 aliphatic heterocycles. The van der Waals surface area contributed by atoms with Gasteiger partial charge in [-0.3, -0.25) is 14.9 Å². The van der Waals surface area contributed by atoms with Crippen molar-refractivity contribution in [2.24, 2.45) is 0 Å². The average molecular weight is 324 g/mol. The van der Waals surface area contributed by atoms with Crippen molar-refractivity contribution in [3.05, 3.63) is 15.6 Å². The summed E-state index contributed by atoms with van der Waals surface area (Å²) in [5.41, 5.74) is 0.0122. The molecule has 22 heavy (non-hydrogen) atoms. The summed E-state index contributed by atoms with van der Waals surface area (Å²) in [4.78, 5) is 42.1. The van der Waals surface area contributed by atoms with E-state index in [9.17, 15) is 14.4 Å². The van der Waals surface area contributed by atoms with Crippen LogP contribution in [0.4, 0.5) is 4.79 Å². The fourth-order valence-corrected chi connectivity index (χ4v) is 3.05. The molecule has 1 saturated heterocycles. The molecule has 0 bridgehead atoms. The number of carbonyl (C=O) groups excluding carboxylic acids is 3. The molecular formula is C14H20N4O3S. The van der Waals surface area contributed by atoms with Gasteiger partial charge in [-0.15, -0.1) is 11.3 Å². The lowest BCUT2D eigenvalue weighted by molar-refractivity contribution is -0.127. The number of hydrogen-bond acceptors (Lipinski definition) is 5. The van der Waals surface area contributed by atoms with E-state index < -0.39 is 11.6 Å². The minimum Gasteiger partial charge on any atom is -0.354 e. The number of hydrogen-bond donors (Lipinski definition) is 2. The molecule has 1 aliphatic rings. The summed E-state index contributed by atoms with van der Waals surface area (Å²) >= 11 is 1.62. The molecule has 0 atom stereocenters. The normalized spacial score (nSPS) is 16.8. The topological polar surface area (TPSA) is 91.4 Å². The number of aromatic nitrogens is 1. The Balaban J connectivity index is 1.83. The lowest BCUT2D eigenvalue weighted by Gasteiger charge is -2.27. The number of imide groups is 1. The van der Waals surface area contributed by atoms with Crippen molar-refractivity contribution >= 4 is 29.2 Å². The molecule has 120 valence electrons. The Morgan fingerprint density at radius 3 is 2.55 bits per heavy atom. The highest BCUT2D eigenvalue weighted by Gasteiger charge is 2.46. The first-order valence-electron chi connectivity index (χ1n) is 7.04. The minimum atomic E-state index is -1.00. The summed E-state index contributed by atoms with van der Waals surface area (Å²) in [6.45, 7) is 7.51. The number of thiazole rings is 1. The molecule has 2 heterocycles. The molecule has 2 rings (SSSR count). The number of urea groups is 1. The molecular weight excluding hydrogens is 304 g/mol. The smallest absolute Gasteiger partial charge is 0.325 e. The van der Waals surface area contributed by atoms with Gasteiger partial charge in [0.2, 0.25) is 5.91 Å². The molecule has 0 aliphatic carbocycles. The Morgan fingerprint density at radius 2 is 2.05 bits per heavy atom. The molecule has 7 nitrogen and oxygen atoms in total. The lowest BCUT2D eigenvalue weighted by atomic mass is 10.0. The zero-order valence-corrected chi connectivity index (χ0v) is 14.0. The molecule has 2 N–H and O–H groups in total. The zero-order chi connectivity index (χ0) is 16.5. The van der Waals surface area contributed by atoms with Crippen molar-refractivity contribution in [1.29, 1.82) is 0 Å². The van der Waals surface area contributed by atoms with E-state index in [1.54, 1.807) is 25.2 Å². The highest BCUT2D eigenvalue weighted by molar-refractivity contribution is 7.11. The quantitative estimate of drug-likeness (QED) is 0.782. The maximum Gasteiger partial charge on any atom is 0.325 e. The molecule has 0 unspecified atom stereocenters. The van der Waals surface area contributed by atoms with Gasteiger partial charge < -0.3 is 10.2 Å². The molecule has 4 amide bonds. The Labute approximate surface area is 133 Å². The monoisotopic (exact) mass is 324 g/mol. The number of carbonyl (C=O) groups is 3. The van der Waals surface area contributed by atoms with Gasteiger partial charge in [0.25, 0.3) is 5.91 Å². The fourth-order valence-electron chi connectivity index (χ4n) is 2.12. The van der Waals surface area contributed by atoms with Gasteiger partial charge >= 0.3 is 6.03 Å². The molecule has 1 aromatic heterocycles. The van der Waals surface area contributed by atoms with E-state index in [0.717, 1.165) is 10.7 Å². The Kier molecular flexibility index (Phi) is 4.50. The van der Waals surface area contributed by atoms with Crippen LogP contribution >= 0.6 is 11.3 Å². The average Bonchev–Trinajstić information content (AvgIpc) is 2.82. The highest BCUT2D eigenvalue weighted by atomic mass is 32.1. The lowest BCUT2D eigenvalue weighted by Crippen LogP contribution is -2.49. The first kappa shape index (κ1) is 16.4. The third-order valence-electron chi connectivity index (χ3n) is 3.73. The second kappa shape index (κ2) is 6.04. The Hall–Kier alpha value is -1.96. The predicted octanol–water partition coefficient (Wildman–Crippen LogP) is 0.749. The second-order valence-corrected chi connectivity index (χ2v) is 7.04. The number of amides is 4. The highest BCUT2D eigenvalue weighted by Crippen LogP contribution is 2.20. The largest absolute Gasteiger partial charge is 0.354 e. The van der Waals surface area contributed by atoms with Crippen LogP contribution in [-0.2, 0) is 16.0 Å². The number of rotatable bonds is 5. The predicted molar refractivity (Wildman–Crippen MR) is 82.6 cm³/mol. The molecule has 1 aromatic rings. The van der Waals surface area contributed by atoms with Gasteiger partial charge in [-0.1, -0.05) is 0 Å². The van der Waals surface area contributed by atoms with E-state index in [-0.39, 0.29) is 18.4 Å². The van der Waals surface area contributed by atoms with Gasteiger partial charge in [0.05, 0.1) is 10.7 Å². The van der Waals surface area contributed by atoms with Crippen LogP contribution in [-0.4, -0.2) is 46.4 Å². The number of nitrogens with one attached hydrogen (secondary N) is 2. The maximum absolute atomic E-state index is 11.9. The van der Waals surface area contributed by atoms with Crippen molar-refractivity contribution in [3.8, 4) is 0 Å². The van der Waals surface area contributed by atoms with Crippen molar-refractivity contribution < 1.29 is 14.4 Å². The molecule has 0 radical (unpaired) electrons. The van der Waals surface area contributed by atoms with Crippen LogP contribution in [0, 0.1) is 13.8 Å². The van der Waals surface area contributed by atoms with E-state index in [2.05, 4.69) is 15.6 Å². The standard InChI is InChI=1S/C14H20N4O3S/c1-8-9(2)22-11(16-8)5-6-15-10(19)7-18-13(21)17-12(20)14(18,3)4/h5-7H2,1-4H3,(H,15,19)(H,17,20,21). The summed E-state index contributed by atoms with van der Waals surface area (Å²) in [5, 5.41) is 5.94. The zero-order valence-electron chi connectivity index (χ0n) is 13.1.